The van der Waals surface area contributed by atoms with Crippen LogP contribution in [0, 0.1) is 13.8 Å². The fourth-order valence-corrected chi connectivity index (χ4v) is 2.33. The number of ether oxygens (including phenoxy) is 1. The van der Waals surface area contributed by atoms with E-state index < -0.39 is 0 Å². The van der Waals surface area contributed by atoms with E-state index in [4.69, 9.17) is 9.15 Å². The highest BCUT2D eigenvalue weighted by atomic mass is 16.5. The highest BCUT2D eigenvalue weighted by molar-refractivity contribution is 5.83. The van der Waals surface area contributed by atoms with Gasteiger partial charge < -0.3 is 14.1 Å². The number of aryl methyl sites for hydroxylation is 1. The van der Waals surface area contributed by atoms with Crippen LogP contribution in [0.2, 0.25) is 0 Å². The van der Waals surface area contributed by atoms with Crippen molar-refractivity contribution in [2.75, 3.05) is 7.11 Å². The number of aldehydes is 1. The fourth-order valence-electron chi connectivity index (χ4n) is 2.33. The topological polar surface area (TPSA) is 81.0 Å². The number of rotatable bonds is 4. The Morgan fingerprint density at radius 1 is 1.14 bits per heavy atom. The number of carbonyl (C=O) groups is 1. The number of aromatic amines is 1. The molecule has 2 heterocycles. The van der Waals surface area contributed by atoms with Crippen molar-refractivity contribution in [3.63, 3.8) is 0 Å². The van der Waals surface area contributed by atoms with Gasteiger partial charge in [-0.1, -0.05) is 0 Å². The molecule has 1 aromatic carbocycles. The van der Waals surface area contributed by atoms with Crippen molar-refractivity contribution in [1.29, 1.82) is 0 Å². The number of benzene rings is 1. The Kier molecular flexibility index (Phi) is 3.50. The number of aromatic nitrogens is 3. The van der Waals surface area contributed by atoms with Gasteiger partial charge in [-0.25, -0.2) is 0 Å². The third-order valence-electron chi connectivity index (χ3n) is 3.59. The standard InChI is InChI=1S/C16H15N3O3/c1-9-13(8-20)10(2)17-14(9)16-19-18-15(22-16)11-4-6-12(21-3)7-5-11/h4-8,17H,1-3H3. The zero-order chi connectivity index (χ0) is 15.7. The van der Waals surface area contributed by atoms with Crippen LogP contribution in [-0.4, -0.2) is 28.6 Å². The van der Waals surface area contributed by atoms with Crippen LogP contribution in [0.3, 0.4) is 0 Å². The number of hydrogen-bond acceptors (Lipinski definition) is 5. The predicted molar refractivity (Wildman–Crippen MR) is 80.9 cm³/mol. The molecule has 0 atom stereocenters. The first-order valence-corrected chi connectivity index (χ1v) is 6.76. The summed E-state index contributed by atoms with van der Waals surface area (Å²) in [6, 6.07) is 7.35. The van der Waals surface area contributed by atoms with Crippen LogP contribution in [0.15, 0.2) is 28.7 Å². The van der Waals surface area contributed by atoms with Crippen molar-refractivity contribution in [3.05, 3.63) is 41.1 Å². The van der Waals surface area contributed by atoms with Gasteiger partial charge in [-0.15, -0.1) is 10.2 Å². The second kappa shape index (κ2) is 5.48. The summed E-state index contributed by atoms with van der Waals surface area (Å²) in [6.07, 6.45) is 0.825. The quantitative estimate of drug-likeness (QED) is 0.748. The molecule has 0 aliphatic heterocycles. The fraction of sp³-hybridized carbons (Fsp3) is 0.188. The Morgan fingerprint density at radius 2 is 1.82 bits per heavy atom. The average Bonchev–Trinajstić information content (AvgIpc) is 3.12. The molecule has 1 N–H and O–H groups in total. The van der Waals surface area contributed by atoms with Gasteiger partial charge in [-0.3, -0.25) is 4.79 Å². The van der Waals surface area contributed by atoms with Gasteiger partial charge in [0.25, 0.3) is 5.89 Å². The van der Waals surface area contributed by atoms with E-state index in [0.717, 1.165) is 28.9 Å². The van der Waals surface area contributed by atoms with Crippen molar-refractivity contribution in [3.8, 4) is 28.8 Å². The van der Waals surface area contributed by atoms with Gasteiger partial charge in [-0.2, -0.15) is 0 Å². The smallest absolute Gasteiger partial charge is 0.264 e. The summed E-state index contributed by atoms with van der Waals surface area (Å²) in [5.74, 6) is 1.53. The third-order valence-corrected chi connectivity index (χ3v) is 3.59. The van der Waals surface area contributed by atoms with Gasteiger partial charge in [0, 0.05) is 16.8 Å². The van der Waals surface area contributed by atoms with E-state index in [0.29, 0.717) is 23.0 Å². The second-order valence-corrected chi connectivity index (χ2v) is 4.92. The third kappa shape index (κ3) is 2.28. The van der Waals surface area contributed by atoms with Crippen LogP contribution in [-0.2, 0) is 0 Å². The summed E-state index contributed by atoms with van der Waals surface area (Å²) >= 11 is 0. The molecular weight excluding hydrogens is 282 g/mol. The van der Waals surface area contributed by atoms with E-state index in [1.807, 2.05) is 38.1 Å². The summed E-state index contributed by atoms with van der Waals surface area (Å²) in [7, 11) is 1.61. The largest absolute Gasteiger partial charge is 0.497 e. The lowest BCUT2D eigenvalue weighted by atomic mass is 10.1. The van der Waals surface area contributed by atoms with Crippen LogP contribution in [0.5, 0.6) is 5.75 Å². The molecule has 0 aliphatic carbocycles. The van der Waals surface area contributed by atoms with Crippen molar-refractivity contribution in [2.45, 2.75) is 13.8 Å². The highest BCUT2D eigenvalue weighted by Gasteiger charge is 2.18. The van der Waals surface area contributed by atoms with Crippen LogP contribution in [0.25, 0.3) is 23.0 Å². The Labute approximate surface area is 127 Å². The zero-order valence-corrected chi connectivity index (χ0v) is 12.5. The lowest BCUT2D eigenvalue weighted by Crippen LogP contribution is -1.83. The first kappa shape index (κ1) is 14.1. The number of nitrogens with zero attached hydrogens (tertiary/aromatic N) is 2. The molecule has 6 nitrogen and oxygen atoms in total. The molecule has 0 spiro atoms. The average molecular weight is 297 g/mol. The van der Waals surface area contributed by atoms with Crippen molar-refractivity contribution in [1.82, 2.24) is 15.2 Å². The highest BCUT2D eigenvalue weighted by Crippen LogP contribution is 2.28. The van der Waals surface area contributed by atoms with Gasteiger partial charge in [-0.05, 0) is 43.7 Å². The lowest BCUT2D eigenvalue weighted by Gasteiger charge is -1.99. The number of carbonyl (C=O) groups excluding carboxylic acids is 1. The molecular formula is C16H15N3O3. The van der Waals surface area contributed by atoms with Crippen LogP contribution in [0.4, 0.5) is 0 Å². The second-order valence-electron chi connectivity index (χ2n) is 4.92. The number of nitrogens with one attached hydrogen (secondary N) is 1. The van der Waals surface area contributed by atoms with Gasteiger partial charge in [0.2, 0.25) is 5.89 Å². The molecule has 6 heteroatoms. The molecule has 0 saturated heterocycles. The van der Waals surface area contributed by atoms with Crippen molar-refractivity contribution >= 4 is 6.29 Å². The molecule has 0 unspecified atom stereocenters. The number of hydrogen-bond donors (Lipinski definition) is 1. The minimum atomic E-state index is 0.361. The van der Waals surface area contributed by atoms with E-state index >= 15 is 0 Å². The van der Waals surface area contributed by atoms with Gasteiger partial charge in [0.15, 0.2) is 6.29 Å². The van der Waals surface area contributed by atoms with E-state index in [-0.39, 0.29) is 0 Å². The maximum absolute atomic E-state index is 11.1. The molecule has 0 amide bonds. The molecule has 0 saturated carbocycles. The Balaban J connectivity index is 1.98. The normalized spacial score (nSPS) is 10.7. The summed E-state index contributed by atoms with van der Waals surface area (Å²) in [6.45, 7) is 3.68. The molecule has 0 aliphatic rings. The zero-order valence-electron chi connectivity index (χ0n) is 12.5. The van der Waals surface area contributed by atoms with E-state index in [1.165, 1.54) is 0 Å². The summed E-state index contributed by atoms with van der Waals surface area (Å²) in [4.78, 5) is 14.2. The monoisotopic (exact) mass is 297 g/mol. The van der Waals surface area contributed by atoms with Gasteiger partial charge in [0.1, 0.15) is 11.4 Å². The first-order chi connectivity index (χ1) is 10.6. The number of methoxy groups -OCH3 is 1. The predicted octanol–water partition coefficient (Wildman–Crippen LogP) is 3.17. The molecule has 0 bridgehead atoms. The Bertz CT molecular complexity index is 816. The van der Waals surface area contributed by atoms with Crippen LogP contribution < -0.4 is 4.74 Å². The van der Waals surface area contributed by atoms with E-state index in [2.05, 4.69) is 15.2 Å². The summed E-state index contributed by atoms with van der Waals surface area (Å²) < 4.78 is 10.8. The molecule has 0 radical (unpaired) electrons. The number of H-pyrrole nitrogens is 1. The maximum Gasteiger partial charge on any atom is 0.264 e. The van der Waals surface area contributed by atoms with Gasteiger partial charge >= 0.3 is 0 Å². The molecule has 3 rings (SSSR count). The minimum absolute atomic E-state index is 0.361. The summed E-state index contributed by atoms with van der Waals surface area (Å²) in [5, 5.41) is 8.12. The summed E-state index contributed by atoms with van der Waals surface area (Å²) in [5.41, 5.74) is 3.69. The van der Waals surface area contributed by atoms with E-state index in [9.17, 15) is 4.79 Å². The van der Waals surface area contributed by atoms with Crippen molar-refractivity contribution in [2.24, 2.45) is 0 Å². The molecule has 0 fully saturated rings. The molecule has 2 aromatic heterocycles. The first-order valence-electron chi connectivity index (χ1n) is 6.76. The minimum Gasteiger partial charge on any atom is -0.497 e. The molecule has 3 aromatic rings. The van der Waals surface area contributed by atoms with Crippen LogP contribution >= 0.6 is 0 Å². The maximum atomic E-state index is 11.1. The SMILES string of the molecule is COc1ccc(-c2nnc(-c3[nH]c(C)c(C=O)c3C)o2)cc1. The molecule has 22 heavy (non-hydrogen) atoms. The Morgan fingerprint density at radius 3 is 2.41 bits per heavy atom. The Hall–Kier alpha value is -2.89. The lowest BCUT2D eigenvalue weighted by molar-refractivity contribution is 0.112. The van der Waals surface area contributed by atoms with Crippen molar-refractivity contribution < 1.29 is 13.9 Å². The van der Waals surface area contributed by atoms with Gasteiger partial charge in [0.05, 0.1) is 7.11 Å². The molecule has 112 valence electrons. The van der Waals surface area contributed by atoms with E-state index in [1.54, 1.807) is 7.11 Å². The van der Waals surface area contributed by atoms with Crippen LogP contribution in [0.1, 0.15) is 21.6 Å².